The van der Waals surface area contributed by atoms with E-state index in [1.165, 1.54) is 6.07 Å². The molecule has 7 heteroatoms. The van der Waals surface area contributed by atoms with E-state index in [0.29, 0.717) is 43.2 Å². The van der Waals surface area contributed by atoms with Gasteiger partial charge in [0, 0.05) is 5.69 Å². The summed E-state index contributed by atoms with van der Waals surface area (Å²) in [7, 11) is 0. The van der Waals surface area contributed by atoms with Crippen molar-refractivity contribution in [2.75, 3.05) is 49.5 Å². The van der Waals surface area contributed by atoms with Gasteiger partial charge in [0.05, 0.1) is 44.0 Å². The first-order chi connectivity index (χ1) is 13.6. The summed E-state index contributed by atoms with van der Waals surface area (Å²) >= 11 is 0. The minimum atomic E-state index is -0.377. The maximum absolute atomic E-state index is 13.9. The van der Waals surface area contributed by atoms with Crippen LogP contribution in [-0.2, 0) is 9.53 Å². The van der Waals surface area contributed by atoms with Crippen LogP contribution in [0, 0.1) is 5.82 Å². The Labute approximate surface area is 163 Å². The maximum Gasteiger partial charge on any atom is 0.338 e. The third kappa shape index (κ3) is 5.07. The van der Waals surface area contributed by atoms with Crippen molar-refractivity contribution in [1.29, 1.82) is 0 Å². The van der Waals surface area contributed by atoms with Crippen molar-refractivity contribution in [2.24, 2.45) is 0 Å². The van der Waals surface area contributed by atoms with Gasteiger partial charge in [0.25, 0.3) is 5.91 Å². The predicted molar refractivity (Wildman–Crippen MR) is 105 cm³/mol. The van der Waals surface area contributed by atoms with Gasteiger partial charge in [-0.15, -0.1) is 0 Å². The standard InChI is InChI=1S/C21H24FN3O3/c1-2-28-21(27)16-7-9-17(10-8-16)23-20(26)15-24-11-13-25(14-12-24)19-6-4-3-5-18(19)22/h3-10H,2,11-15H2,1H3,(H,23,26)/p+1. The first-order valence-electron chi connectivity index (χ1n) is 9.47. The monoisotopic (exact) mass is 386 g/mol. The Balaban J connectivity index is 1.47. The molecule has 0 atom stereocenters. The van der Waals surface area contributed by atoms with Crippen molar-refractivity contribution in [3.8, 4) is 0 Å². The zero-order valence-corrected chi connectivity index (χ0v) is 15.9. The Bertz CT molecular complexity index is 818. The largest absolute Gasteiger partial charge is 0.462 e. The van der Waals surface area contributed by atoms with Gasteiger partial charge in [-0.25, -0.2) is 9.18 Å². The number of benzene rings is 2. The number of esters is 1. The number of para-hydroxylation sites is 1. The summed E-state index contributed by atoms with van der Waals surface area (Å²) < 4.78 is 18.8. The molecule has 3 rings (SSSR count). The molecule has 2 aromatic rings. The quantitative estimate of drug-likeness (QED) is 0.736. The van der Waals surface area contributed by atoms with Gasteiger partial charge in [-0.05, 0) is 43.3 Å². The van der Waals surface area contributed by atoms with Gasteiger partial charge in [0.15, 0.2) is 6.54 Å². The van der Waals surface area contributed by atoms with Crippen LogP contribution in [0.25, 0.3) is 0 Å². The van der Waals surface area contributed by atoms with Gasteiger partial charge in [0.1, 0.15) is 5.82 Å². The van der Waals surface area contributed by atoms with E-state index in [-0.39, 0.29) is 17.7 Å². The highest BCUT2D eigenvalue weighted by molar-refractivity contribution is 5.93. The van der Waals surface area contributed by atoms with E-state index in [2.05, 4.69) is 5.32 Å². The summed E-state index contributed by atoms with van der Waals surface area (Å²) in [5.41, 5.74) is 1.71. The van der Waals surface area contributed by atoms with Gasteiger partial charge in [-0.3, -0.25) is 4.79 Å². The number of hydrogen-bond donors (Lipinski definition) is 2. The molecular formula is C21H25FN3O3+. The number of nitrogens with zero attached hydrogens (tertiary/aromatic N) is 1. The SMILES string of the molecule is CCOC(=O)c1ccc(NC(=O)C[NH+]2CCN(c3ccccc3F)CC2)cc1. The molecule has 0 radical (unpaired) electrons. The minimum absolute atomic E-state index is 0.0850. The van der Waals surface area contributed by atoms with Crippen LogP contribution >= 0.6 is 0 Å². The summed E-state index contributed by atoms with van der Waals surface area (Å²) in [5.74, 6) is -0.675. The predicted octanol–water partition coefficient (Wildman–Crippen LogP) is 1.35. The summed E-state index contributed by atoms with van der Waals surface area (Å²) in [5, 5.41) is 2.85. The molecule has 0 bridgehead atoms. The van der Waals surface area contributed by atoms with Gasteiger partial charge in [-0.1, -0.05) is 12.1 Å². The van der Waals surface area contributed by atoms with E-state index in [9.17, 15) is 14.0 Å². The third-order valence-electron chi connectivity index (χ3n) is 4.75. The maximum atomic E-state index is 13.9. The number of halogens is 1. The molecule has 1 aliphatic heterocycles. The summed E-state index contributed by atoms with van der Waals surface area (Å²) in [6, 6.07) is 13.4. The summed E-state index contributed by atoms with van der Waals surface area (Å²) in [4.78, 5) is 27.1. The average Bonchev–Trinajstić information content (AvgIpc) is 2.70. The smallest absolute Gasteiger partial charge is 0.338 e. The van der Waals surface area contributed by atoms with E-state index in [1.807, 2.05) is 11.0 Å². The molecule has 1 heterocycles. The Morgan fingerprint density at radius 3 is 2.43 bits per heavy atom. The lowest BCUT2D eigenvalue weighted by atomic mass is 10.2. The van der Waals surface area contributed by atoms with Gasteiger partial charge in [0.2, 0.25) is 0 Å². The topological polar surface area (TPSA) is 63.1 Å². The molecule has 1 aliphatic rings. The molecule has 6 nitrogen and oxygen atoms in total. The van der Waals surface area contributed by atoms with Crippen LogP contribution in [0.4, 0.5) is 15.8 Å². The third-order valence-corrected chi connectivity index (χ3v) is 4.75. The van der Waals surface area contributed by atoms with Crippen LogP contribution in [0.1, 0.15) is 17.3 Å². The Hall–Kier alpha value is -2.93. The van der Waals surface area contributed by atoms with Crippen LogP contribution < -0.4 is 15.1 Å². The highest BCUT2D eigenvalue weighted by Crippen LogP contribution is 2.18. The number of ether oxygens (including phenoxy) is 1. The molecule has 0 spiro atoms. The van der Waals surface area contributed by atoms with E-state index in [0.717, 1.165) is 18.0 Å². The molecule has 1 saturated heterocycles. The molecule has 1 amide bonds. The summed E-state index contributed by atoms with van der Waals surface area (Å²) in [6.45, 7) is 5.38. The molecule has 0 saturated carbocycles. The van der Waals surface area contributed by atoms with Gasteiger partial charge < -0.3 is 19.9 Å². The van der Waals surface area contributed by atoms with Crippen molar-refractivity contribution in [2.45, 2.75) is 6.92 Å². The number of piperazine rings is 1. The van der Waals surface area contributed by atoms with E-state index < -0.39 is 0 Å². The fraction of sp³-hybridized carbons (Fsp3) is 0.333. The van der Waals surface area contributed by atoms with Crippen LogP contribution in [0.2, 0.25) is 0 Å². The number of hydrogen-bond acceptors (Lipinski definition) is 4. The second-order valence-electron chi connectivity index (χ2n) is 6.71. The summed E-state index contributed by atoms with van der Waals surface area (Å²) in [6.07, 6.45) is 0. The molecular weight excluding hydrogens is 361 g/mol. The molecule has 0 aliphatic carbocycles. The lowest BCUT2D eigenvalue weighted by molar-refractivity contribution is -0.892. The van der Waals surface area contributed by atoms with E-state index >= 15 is 0 Å². The van der Waals surface area contributed by atoms with Crippen molar-refractivity contribution in [3.05, 3.63) is 59.9 Å². The second kappa shape index (κ2) is 9.32. The molecule has 2 aromatic carbocycles. The molecule has 0 aromatic heterocycles. The van der Waals surface area contributed by atoms with Crippen LogP contribution in [-0.4, -0.2) is 51.2 Å². The second-order valence-corrected chi connectivity index (χ2v) is 6.71. The molecule has 28 heavy (non-hydrogen) atoms. The van der Waals surface area contributed by atoms with Gasteiger partial charge in [-0.2, -0.15) is 0 Å². The Morgan fingerprint density at radius 2 is 1.79 bits per heavy atom. The Morgan fingerprint density at radius 1 is 1.11 bits per heavy atom. The number of carbonyl (C=O) groups is 2. The van der Waals surface area contributed by atoms with E-state index in [1.54, 1.807) is 43.3 Å². The van der Waals surface area contributed by atoms with Crippen molar-refractivity contribution >= 4 is 23.3 Å². The fourth-order valence-corrected chi connectivity index (χ4v) is 3.29. The number of amides is 1. The van der Waals surface area contributed by atoms with Crippen molar-refractivity contribution < 1.29 is 23.6 Å². The highest BCUT2D eigenvalue weighted by Gasteiger charge is 2.23. The van der Waals surface area contributed by atoms with Crippen molar-refractivity contribution in [1.82, 2.24) is 0 Å². The number of carbonyl (C=O) groups excluding carboxylic acids is 2. The number of anilines is 2. The van der Waals surface area contributed by atoms with Gasteiger partial charge >= 0.3 is 5.97 Å². The molecule has 148 valence electrons. The lowest BCUT2D eigenvalue weighted by Gasteiger charge is -2.33. The van der Waals surface area contributed by atoms with Crippen LogP contribution in [0.15, 0.2) is 48.5 Å². The van der Waals surface area contributed by atoms with Crippen LogP contribution in [0.5, 0.6) is 0 Å². The van der Waals surface area contributed by atoms with Crippen LogP contribution in [0.3, 0.4) is 0 Å². The highest BCUT2D eigenvalue weighted by atomic mass is 19.1. The lowest BCUT2D eigenvalue weighted by Crippen LogP contribution is -3.15. The zero-order chi connectivity index (χ0) is 19.9. The first-order valence-corrected chi connectivity index (χ1v) is 9.47. The first kappa shape index (κ1) is 19.8. The Kier molecular flexibility index (Phi) is 6.60. The molecule has 2 N–H and O–H groups in total. The number of nitrogens with one attached hydrogen (secondary N) is 2. The number of quaternary nitrogens is 1. The normalized spacial score (nSPS) is 14.6. The fourth-order valence-electron chi connectivity index (χ4n) is 3.29. The zero-order valence-electron chi connectivity index (χ0n) is 15.9. The molecule has 1 fully saturated rings. The average molecular weight is 386 g/mol. The minimum Gasteiger partial charge on any atom is -0.462 e. The van der Waals surface area contributed by atoms with Crippen molar-refractivity contribution in [3.63, 3.8) is 0 Å². The van der Waals surface area contributed by atoms with E-state index in [4.69, 9.17) is 4.74 Å². The number of rotatable bonds is 6. The molecule has 0 unspecified atom stereocenters.